The zero-order valence-electron chi connectivity index (χ0n) is 16.0. The maximum absolute atomic E-state index is 10.8. The van der Waals surface area contributed by atoms with Crippen LogP contribution in [0.2, 0.25) is 0 Å². The number of rotatable bonds is 11. The van der Waals surface area contributed by atoms with Crippen molar-refractivity contribution in [2.45, 2.75) is 18.6 Å². The van der Waals surface area contributed by atoms with Crippen molar-refractivity contribution in [3.8, 4) is 5.75 Å². The summed E-state index contributed by atoms with van der Waals surface area (Å²) in [4.78, 5) is 42.1. The van der Waals surface area contributed by atoms with Crippen LogP contribution in [0, 0.1) is 0 Å². The van der Waals surface area contributed by atoms with E-state index in [1.165, 1.54) is 4.90 Å². The summed E-state index contributed by atoms with van der Waals surface area (Å²) in [7, 11) is 0. The largest absolute Gasteiger partial charge is 0.542 e. The molecule has 0 aromatic heterocycles. The summed E-state index contributed by atoms with van der Waals surface area (Å²) in [5.41, 5.74) is 4.35. The molecule has 6 N–H and O–H groups in total. The summed E-state index contributed by atoms with van der Waals surface area (Å²) in [6.45, 7) is -0.476. The van der Waals surface area contributed by atoms with Crippen molar-refractivity contribution >= 4 is 23.9 Å². The van der Waals surface area contributed by atoms with Crippen molar-refractivity contribution in [1.82, 2.24) is 4.90 Å². The summed E-state index contributed by atoms with van der Waals surface area (Å²) in [6, 6.07) is 6.06. The highest BCUT2D eigenvalue weighted by Crippen LogP contribution is 2.13. The van der Waals surface area contributed by atoms with Crippen molar-refractivity contribution < 1.29 is 63.2 Å². The van der Waals surface area contributed by atoms with Crippen molar-refractivity contribution in [1.29, 1.82) is 0 Å². The predicted octanol–water partition coefficient (Wildman–Crippen LogP) is -1.93. The highest BCUT2D eigenvalue weighted by Gasteiger charge is 2.28. The van der Waals surface area contributed by atoms with Crippen LogP contribution in [0.25, 0.3) is 0 Å². The second kappa shape index (κ2) is 13.0. The molecule has 0 spiro atoms. The summed E-state index contributed by atoms with van der Waals surface area (Å²) >= 11 is 0. The summed E-state index contributed by atoms with van der Waals surface area (Å²) in [6.07, 6.45) is -4.89. The Kier molecular flexibility index (Phi) is 11.6. The van der Waals surface area contributed by atoms with E-state index in [1.807, 2.05) is 0 Å². The molecule has 0 fully saturated rings. The lowest BCUT2D eigenvalue weighted by atomic mass is 10.1. The van der Waals surface area contributed by atoms with Crippen LogP contribution in [0.4, 0.5) is 13.2 Å². The Morgan fingerprint density at radius 3 is 1.84 bits per heavy atom. The molecule has 0 aliphatic carbocycles. The number of hydrogen-bond donors (Lipinski definition) is 4. The average Bonchev–Trinajstić information content (AvgIpc) is 2.61. The molecule has 0 radical (unpaired) electrons. The SMILES string of the molecule is O=C([O-])C(F)(F)F.[NH3+][C@@H](Cc1ccc(OCCN(CC(=O)O)CC(=O)O)cc1)C(=O)O. The zero-order valence-corrected chi connectivity index (χ0v) is 16.0. The first kappa shape index (κ1) is 27.6. The van der Waals surface area contributed by atoms with E-state index in [0.717, 1.165) is 5.56 Å². The van der Waals surface area contributed by atoms with E-state index in [1.54, 1.807) is 24.3 Å². The smallest absolute Gasteiger partial charge is 0.430 e. The second-order valence-electron chi connectivity index (χ2n) is 6.02. The molecule has 1 rings (SSSR count). The van der Waals surface area contributed by atoms with Gasteiger partial charge in [-0.25, -0.2) is 4.79 Å². The Labute approximate surface area is 173 Å². The average molecular weight is 454 g/mol. The van der Waals surface area contributed by atoms with Crippen LogP contribution in [0.1, 0.15) is 5.56 Å². The highest BCUT2D eigenvalue weighted by atomic mass is 19.4. The first-order chi connectivity index (χ1) is 14.2. The fraction of sp³-hybridized carbons (Fsp3) is 0.412. The van der Waals surface area contributed by atoms with Gasteiger partial charge in [0.1, 0.15) is 18.3 Å². The number of aliphatic carboxylic acids is 4. The number of alkyl halides is 3. The third-order valence-corrected chi connectivity index (χ3v) is 3.38. The maximum atomic E-state index is 10.8. The Morgan fingerprint density at radius 2 is 1.48 bits per heavy atom. The molecule has 0 bridgehead atoms. The number of quaternary nitrogens is 1. The number of hydrogen-bond acceptors (Lipinski definition) is 7. The number of carbonyl (C=O) groups is 4. The number of nitrogens with zero attached hydrogens (tertiary/aromatic N) is 1. The zero-order chi connectivity index (χ0) is 24.2. The second-order valence-corrected chi connectivity index (χ2v) is 6.02. The normalized spacial score (nSPS) is 11.8. The number of carboxylic acid groups (broad SMARTS) is 4. The Hall–Kier alpha value is -3.39. The number of halogens is 3. The molecule has 0 heterocycles. The van der Waals surface area contributed by atoms with E-state index >= 15 is 0 Å². The molecule has 174 valence electrons. The molecular weight excluding hydrogens is 433 g/mol. The molecule has 31 heavy (non-hydrogen) atoms. The highest BCUT2D eigenvalue weighted by molar-refractivity contribution is 5.72. The quantitative estimate of drug-likeness (QED) is 0.293. The molecule has 1 atom stereocenters. The van der Waals surface area contributed by atoms with Gasteiger partial charge in [0.15, 0.2) is 6.04 Å². The van der Waals surface area contributed by atoms with Crippen molar-refractivity contribution in [3.05, 3.63) is 29.8 Å². The molecule has 0 unspecified atom stereocenters. The molecule has 0 aliphatic rings. The van der Waals surface area contributed by atoms with E-state index < -0.39 is 36.1 Å². The third-order valence-electron chi connectivity index (χ3n) is 3.38. The molecule has 1 aromatic rings. The van der Waals surface area contributed by atoms with Crippen molar-refractivity contribution in [3.63, 3.8) is 0 Å². The van der Waals surface area contributed by atoms with Gasteiger partial charge in [-0.05, 0) is 17.7 Å². The van der Waals surface area contributed by atoms with Gasteiger partial charge in [0.2, 0.25) is 0 Å². The van der Waals surface area contributed by atoms with Gasteiger partial charge in [-0.2, -0.15) is 13.2 Å². The molecule has 0 saturated carbocycles. The first-order valence-electron chi connectivity index (χ1n) is 8.44. The van der Waals surface area contributed by atoms with Gasteiger partial charge in [0.25, 0.3) is 0 Å². The van der Waals surface area contributed by atoms with Gasteiger partial charge in [-0.3, -0.25) is 14.5 Å². The van der Waals surface area contributed by atoms with Crippen LogP contribution in [-0.4, -0.2) is 82.6 Å². The molecule has 1 aromatic carbocycles. The molecule has 0 aliphatic heterocycles. The van der Waals surface area contributed by atoms with Crippen LogP contribution in [0.5, 0.6) is 5.75 Å². The van der Waals surface area contributed by atoms with Crippen molar-refractivity contribution in [2.75, 3.05) is 26.2 Å². The lowest BCUT2D eigenvalue weighted by molar-refractivity contribution is -0.407. The topological polar surface area (TPSA) is 192 Å². The minimum Gasteiger partial charge on any atom is -0.542 e. The molecule has 0 amide bonds. The van der Waals surface area contributed by atoms with Gasteiger partial charge in [0.05, 0.1) is 13.1 Å². The van der Waals surface area contributed by atoms with E-state index in [4.69, 9.17) is 30.0 Å². The minimum absolute atomic E-state index is 0.132. The Balaban J connectivity index is 0.00000110. The lowest BCUT2D eigenvalue weighted by Crippen LogP contribution is -2.65. The molecule has 14 heteroatoms. The van der Waals surface area contributed by atoms with Gasteiger partial charge >= 0.3 is 24.1 Å². The van der Waals surface area contributed by atoms with Crippen molar-refractivity contribution in [2.24, 2.45) is 0 Å². The predicted molar refractivity (Wildman–Crippen MR) is 92.7 cm³/mol. The van der Waals surface area contributed by atoms with Crippen LogP contribution in [-0.2, 0) is 25.6 Å². The van der Waals surface area contributed by atoms with E-state index in [2.05, 4.69) is 5.73 Å². The number of carbonyl (C=O) groups excluding carboxylic acids is 1. The first-order valence-corrected chi connectivity index (χ1v) is 8.44. The summed E-state index contributed by atoms with van der Waals surface area (Å²) in [5, 5.41) is 35.1. The fourth-order valence-corrected chi connectivity index (χ4v) is 1.98. The van der Waals surface area contributed by atoms with E-state index in [0.29, 0.717) is 12.2 Å². The van der Waals surface area contributed by atoms with Gasteiger partial charge in [-0.1, -0.05) is 12.1 Å². The monoisotopic (exact) mass is 454 g/mol. The van der Waals surface area contributed by atoms with Gasteiger partial charge in [-0.15, -0.1) is 0 Å². The summed E-state index contributed by atoms with van der Waals surface area (Å²) < 4.78 is 37.0. The fourth-order valence-electron chi connectivity index (χ4n) is 1.98. The summed E-state index contributed by atoms with van der Waals surface area (Å²) in [5.74, 6) is -5.66. The minimum atomic E-state index is -5.19. The van der Waals surface area contributed by atoms with E-state index in [9.17, 15) is 27.6 Å². The number of carboxylic acids is 4. The van der Waals surface area contributed by atoms with Crippen LogP contribution in [0.3, 0.4) is 0 Å². The molecular formula is C17H21F3N2O9. The van der Waals surface area contributed by atoms with E-state index in [-0.39, 0.29) is 26.2 Å². The van der Waals surface area contributed by atoms with Gasteiger partial charge in [0, 0.05) is 13.0 Å². The standard InChI is InChI=1S/C15H20N2O7.C2HF3O2/c16-12(15(22)23)7-10-1-3-11(4-2-10)24-6-5-17(8-13(18)19)9-14(20)21;3-2(4,5)1(6)7/h1-4,12H,5-9,16H2,(H,18,19)(H,20,21)(H,22,23);(H,6,7)/t12-;/m0./s1. The van der Waals surface area contributed by atoms with Crippen LogP contribution in [0.15, 0.2) is 24.3 Å². The molecule has 11 nitrogen and oxygen atoms in total. The Bertz CT molecular complexity index is 738. The number of benzene rings is 1. The number of ether oxygens (including phenoxy) is 1. The van der Waals surface area contributed by atoms with Gasteiger partial charge < -0.3 is 35.7 Å². The lowest BCUT2D eigenvalue weighted by Gasteiger charge is -2.18. The van der Waals surface area contributed by atoms with Crippen LogP contribution < -0.4 is 15.6 Å². The molecule has 0 saturated heterocycles. The van der Waals surface area contributed by atoms with Crippen LogP contribution >= 0.6 is 0 Å². The third kappa shape index (κ3) is 13.5. The maximum Gasteiger partial charge on any atom is 0.430 e. The Morgan fingerprint density at radius 1 is 1.03 bits per heavy atom.